The molecule has 0 radical (unpaired) electrons. The minimum absolute atomic E-state index is 0.322. The monoisotopic (exact) mass is 287 g/mol. The summed E-state index contributed by atoms with van der Waals surface area (Å²) >= 11 is 0. The Kier molecular flexibility index (Phi) is 3.83. The Morgan fingerprint density at radius 1 is 1.24 bits per heavy atom. The predicted octanol–water partition coefficient (Wildman–Crippen LogP) is 3.63. The smallest absolute Gasteiger partial charge is 0.156 e. The summed E-state index contributed by atoms with van der Waals surface area (Å²) in [5.74, 6) is 2.20. The van der Waals surface area contributed by atoms with Crippen LogP contribution in [0.1, 0.15) is 63.9 Å². The lowest BCUT2D eigenvalue weighted by Crippen LogP contribution is -2.18. The van der Waals surface area contributed by atoms with E-state index < -0.39 is 0 Å². The van der Waals surface area contributed by atoms with Gasteiger partial charge in [-0.25, -0.2) is 9.97 Å². The van der Waals surface area contributed by atoms with Gasteiger partial charge in [-0.3, -0.25) is 4.68 Å². The number of aromatic nitrogens is 4. The number of fused-ring (bicyclic) bond motifs is 1. The molecule has 0 spiro atoms. The topological polar surface area (TPSA) is 55.6 Å². The standard InChI is InChI=1S/C16H25N5/c1-5-21-14-13(11(4)20-21)18-15(10(2)3)19-16(14)17-12-8-6-7-9-12/h10,12H,5-9H2,1-4H3,(H,17,18,19). The van der Waals surface area contributed by atoms with Gasteiger partial charge in [-0.15, -0.1) is 0 Å². The Hall–Kier alpha value is -1.65. The lowest BCUT2D eigenvalue weighted by Gasteiger charge is -2.16. The van der Waals surface area contributed by atoms with E-state index in [9.17, 15) is 0 Å². The molecule has 0 atom stereocenters. The summed E-state index contributed by atoms with van der Waals surface area (Å²) < 4.78 is 2.02. The number of hydrogen-bond donors (Lipinski definition) is 1. The predicted molar refractivity (Wildman–Crippen MR) is 85.7 cm³/mol. The van der Waals surface area contributed by atoms with E-state index in [0.717, 1.165) is 34.9 Å². The second kappa shape index (κ2) is 5.62. The third-order valence-electron chi connectivity index (χ3n) is 4.28. The number of nitrogens with zero attached hydrogens (tertiary/aromatic N) is 4. The Morgan fingerprint density at radius 3 is 2.57 bits per heavy atom. The molecule has 0 aliphatic heterocycles. The van der Waals surface area contributed by atoms with Crippen LogP contribution in [0, 0.1) is 6.92 Å². The van der Waals surface area contributed by atoms with Crippen LogP contribution in [0.25, 0.3) is 11.0 Å². The van der Waals surface area contributed by atoms with Gasteiger partial charge in [0.15, 0.2) is 5.82 Å². The lowest BCUT2D eigenvalue weighted by atomic mass is 10.2. The molecule has 21 heavy (non-hydrogen) atoms. The molecule has 1 N–H and O–H groups in total. The van der Waals surface area contributed by atoms with Gasteiger partial charge in [0.1, 0.15) is 16.9 Å². The third kappa shape index (κ3) is 2.61. The van der Waals surface area contributed by atoms with E-state index in [-0.39, 0.29) is 0 Å². The summed E-state index contributed by atoms with van der Waals surface area (Å²) in [6.45, 7) is 9.26. The van der Waals surface area contributed by atoms with Gasteiger partial charge in [0.25, 0.3) is 0 Å². The van der Waals surface area contributed by atoms with Crippen LogP contribution < -0.4 is 5.32 Å². The van der Waals surface area contributed by atoms with Gasteiger partial charge >= 0.3 is 0 Å². The second-order valence-corrected chi connectivity index (χ2v) is 6.31. The maximum absolute atomic E-state index is 4.80. The quantitative estimate of drug-likeness (QED) is 0.933. The zero-order valence-corrected chi connectivity index (χ0v) is 13.5. The van der Waals surface area contributed by atoms with Gasteiger partial charge in [0.05, 0.1) is 5.69 Å². The molecule has 0 aromatic carbocycles. The highest BCUT2D eigenvalue weighted by Crippen LogP contribution is 2.28. The SMILES string of the molecule is CCn1nc(C)c2nc(C(C)C)nc(NC3CCCC3)c21. The molecule has 5 nitrogen and oxygen atoms in total. The van der Waals surface area contributed by atoms with Gasteiger partial charge < -0.3 is 5.32 Å². The number of rotatable bonds is 4. The van der Waals surface area contributed by atoms with Crippen LogP contribution in [-0.2, 0) is 6.54 Å². The zero-order chi connectivity index (χ0) is 15.0. The summed E-state index contributed by atoms with van der Waals surface area (Å²) in [4.78, 5) is 9.55. The van der Waals surface area contributed by atoms with Gasteiger partial charge in [-0.1, -0.05) is 26.7 Å². The van der Waals surface area contributed by atoms with Crippen molar-refractivity contribution in [3.63, 3.8) is 0 Å². The van der Waals surface area contributed by atoms with E-state index in [0.29, 0.717) is 12.0 Å². The molecule has 0 unspecified atom stereocenters. The van der Waals surface area contributed by atoms with E-state index in [4.69, 9.17) is 9.97 Å². The highest BCUT2D eigenvalue weighted by molar-refractivity contribution is 5.87. The summed E-state index contributed by atoms with van der Waals surface area (Å²) in [5, 5.41) is 8.27. The van der Waals surface area contributed by atoms with Gasteiger partial charge in [0.2, 0.25) is 0 Å². The first-order chi connectivity index (χ1) is 10.1. The van der Waals surface area contributed by atoms with Crippen LogP contribution >= 0.6 is 0 Å². The molecule has 0 saturated heterocycles. The fourth-order valence-corrected chi connectivity index (χ4v) is 3.10. The first kappa shape index (κ1) is 14.3. The molecule has 5 heteroatoms. The number of nitrogens with one attached hydrogen (secondary N) is 1. The van der Waals surface area contributed by atoms with Crippen molar-refractivity contribution in [1.82, 2.24) is 19.7 Å². The second-order valence-electron chi connectivity index (χ2n) is 6.31. The fraction of sp³-hybridized carbons (Fsp3) is 0.688. The molecule has 1 fully saturated rings. The van der Waals surface area contributed by atoms with Crippen LogP contribution in [-0.4, -0.2) is 25.8 Å². The van der Waals surface area contributed by atoms with Crippen LogP contribution in [0.5, 0.6) is 0 Å². The summed E-state index contributed by atoms with van der Waals surface area (Å²) in [7, 11) is 0. The first-order valence-electron chi connectivity index (χ1n) is 8.11. The number of hydrogen-bond acceptors (Lipinski definition) is 4. The highest BCUT2D eigenvalue weighted by Gasteiger charge is 2.21. The third-order valence-corrected chi connectivity index (χ3v) is 4.28. The molecule has 2 aromatic heterocycles. The number of anilines is 1. The van der Waals surface area contributed by atoms with Gasteiger partial charge in [-0.05, 0) is 26.7 Å². The normalized spacial score (nSPS) is 16.2. The van der Waals surface area contributed by atoms with Crippen LogP contribution in [0.2, 0.25) is 0 Å². The Bertz CT molecular complexity index is 638. The van der Waals surface area contributed by atoms with Crippen LogP contribution in [0.4, 0.5) is 5.82 Å². The zero-order valence-electron chi connectivity index (χ0n) is 13.5. The average Bonchev–Trinajstić information content (AvgIpc) is 3.07. The molecule has 1 aliphatic carbocycles. The summed E-state index contributed by atoms with van der Waals surface area (Å²) in [6, 6.07) is 0.545. The molecular weight excluding hydrogens is 262 g/mol. The van der Waals surface area contributed by atoms with Crippen molar-refractivity contribution in [3.8, 4) is 0 Å². The average molecular weight is 287 g/mol. The van der Waals surface area contributed by atoms with Crippen LogP contribution in [0.15, 0.2) is 0 Å². The van der Waals surface area contributed by atoms with E-state index >= 15 is 0 Å². The van der Waals surface area contributed by atoms with Crippen molar-refractivity contribution in [2.75, 3.05) is 5.32 Å². The minimum atomic E-state index is 0.322. The molecular formula is C16H25N5. The Balaban J connectivity index is 2.13. The molecule has 1 saturated carbocycles. The van der Waals surface area contributed by atoms with Gasteiger partial charge in [-0.2, -0.15) is 5.10 Å². The molecule has 1 aliphatic rings. The molecule has 0 bridgehead atoms. The Labute approximate surface area is 126 Å². The van der Waals surface area contributed by atoms with Crippen molar-refractivity contribution in [2.45, 2.75) is 71.9 Å². The van der Waals surface area contributed by atoms with E-state index in [1.807, 2.05) is 11.6 Å². The largest absolute Gasteiger partial charge is 0.365 e. The molecule has 114 valence electrons. The summed E-state index contributed by atoms with van der Waals surface area (Å²) in [5.41, 5.74) is 3.05. The molecule has 2 aromatic rings. The first-order valence-corrected chi connectivity index (χ1v) is 8.11. The van der Waals surface area contributed by atoms with E-state index in [2.05, 4.69) is 31.2 Å². The van der Waals surface area contributed by atoms with Crippen LogP contribution in [0.3, 0.4) is 0 Å². The van der Waals surface area contributed by atoms with Crippen molar-refractivity contribution < 1.29 is 0 Å². The molecule has 2 heterocycles. The molecule has 0 amide bonds. The lowest BCUT2D eigenvalue weighted by molar-refractivity contribution is 0.672. The highest BCUT2D eigenvalue weighted by atomic mass is 15.3. The van der Waals surface area contributed by atoms with Crippen molar-refractivity contribution in [1.29, 1.82) is 0 Å². The maximum Gasteiger partial charge on any atom is 0.156 e. The maximum atomic E-state index is 4.80. The fourth-order valence-electron chi connectivity index (χ4n) is 3.10. The van der Waals surface area contributed by atoms with E-state index in [1.165, 1.54) is 25.7 Å². The van der Waals surface area contributed by atoms with Crippen molar-refractivity contribution >= 4 is 16.9 Å². The van der Waals surface area contributed by atoms with Crippen molar-refractivity contribution in [3.05, 3.63) is 11.5 Å². The summed E-state index contributed by atoms with van der Waals surface area (Å²) in [6.07, 6.45) is 5.10. The van der Waals surface area contributed by atoms with Gasteiger partial charge in [0, 0.05) is 18.5 Å². The number of aryl methyl sites for hydroxylation is 2. The minimum Gasteiger partial charge on any atom is -0.365 e. The van der Waals surface area contributed by atoms with Crippen molar-refractivity contribution in [2.24, 2.45) is 0 Å². The van der Waals surface area contributed by atoms with E-state index in [1.54, 1.807) is 0 Å². The molecule has 3 rings (SSSR count). The Morgan fingerprint density at radius 2 is 1.95 bits per heavy atom.